The van der Waals surface area contributed by atoms with Gasteiger partial charge in [0.25, 0.3) is 11.8 Å². The molecule has 2 N–H and O–H groups in total. The molecule has 8 nitrogen and oxygen atoms in total. The van der Waals surface area contributed by atoms with E-state index < -0.39 is 23.4 Å². The van der Waals surface area contributed by atoms with Gasteiger partial charge in [-0.15, -0.1) is 0 Å². The van der Waals surface area contributed by atoms with E-state index in [1.54, 1.807) is 6.42 Å². The number of nitrogens with zero attached hydrogens (tertiary/aromatic N) is 3. The number of nitrogens with two attached hydrogens (primary N) is 1. The zero-order chi connectivity index (χ0) is 22.3. The molecule has 0 spiro atoms. The fourth-order valence-corrected chi connectivity index (χ4v) is 5.69. The molecular weight excluding hydrogens is 408 g/mol. The normalized spacial score (nSPS) is 27.9. The van der Waals surface area contributed by atoms with E-state index in [0.717, 1.165) is 57.0 Å². The van der Waals surface area contributed by atoms with Crippen molar-refractivity contribution in [1.82, 2.24) is 9.80 Å². The Morgan fingerprint density at radius 2 is 1.75 bits per heavy atom. The van der Waals surface area contributed by atoms with Crippen molar-refractivity contribution < 1.29 is 19.1 Å². The molecule has 8 heteroatoms. The van der Waals surface area contributed by atoms with Crippen LogP contribution >= 0.6 is 0 Å². The third kappa shape index (κ3) is 3.23. The largest absolute Gasteiger partial charge is 0.379 e. The molecule has 3 aliphatic heterocycles. The van der Waals surface area contributed by atoms with Crippen LogP contribution in [0.2, 0.25) is 0 Å². The number of rotatable bonds is 6. The van der Waals surface area contributed by atoms with Crippen LogP contribution in [0, 0.1) is 6.42 Å². The first-order valence-electron chi connectivity index (χ1n) is 11.7. The summed E-state index contributed by atoms with van der Waals surface area (Å²) >= 11 is 0. The summed E-state index contributed by atoms with van der Waals surface area (Å²) in [5, 5.41) is 0. The summed E-state index contributed by atoms with van der Waals surface area (Å²) in [6.45, 7) is 5.00. The smallest absolute Gasteiger partial charge is 0.332 e. The van der Waals surface area contributed by atoms with E-state index in [9.17, 15) is 14.4 Å². The Morgan fingerprint density at radius 1 is 1.03 bits per heavy atom. The van der Waals surface area contributed by atoms with Gasteiger partial charge in [-0.25, -0.2) is 9.69 Å². The van der Waals surface area contributed by atoms with Crippen molar-refractivity contribution in [2.75, 3.05) is 44.3 Å². The monoisotopic (exact) mass is 439 g/mol. The lowest BCUT2D eigenvalue weighted by molar-refractivity contribution is -0.136. The van der Waals surface area contributed by atoms with Crippen LogP contribution in [0.3, 0.4) is 0 Å². The van der Waals surface area contributed by atoms with E-state index in [4.69, 9.17) is 10.5 Å². The predicted molar refractivity (Wildman–Crippen MR) is 119 cm³/mol. The summed E-state index contributed by atoms with van der Waals surface area (Å²) < 4.78 is 5.46. The van der Waals surface area contributed by atoms with Gasteiger partial charge in [0.15, 0.2) is 0 Å². The molecule has 4 aliphatic rings. The number of primary amides is 1. The first kappa shape index (κ1) is 21.4. The third-order valence-electron chi connectivity index (χ3n) is 7.84. The molecule has 4 fully saturated rings. The maximum atomic E-state index is 13.3. The van der Waals surface area contributed by atoms with E-state index in [2.05, 4.69) is 4.90 Å². The van der Waals surface area contributed by atoms with Gasteiger partial charge in [0.05, 0.1) is 18.9 Å². The van der Waals surface area contributed by atoms with Gasteiger partial charge in [-0.3, -0.25) is 14.5 Å². The molecule has 3 saturated heterocycles. The number of benzene rings is 1. The molecule has 1 aromatic carbocycles. The van der Waals surface area contributed by atoms with Gasteiger partial charge in [0.1, 0.15) is 0 Å². The van der Waals surface area contributed by atoms with Gasteiger partial charge in [0, 0.05) is 26.1 Å². The Morgan fingerprint density at radius 3 is 2.34 bits per heavy atom. The second-order valence-corrected chi connectivity index (χ2v) is 9.44. The number of hydrogen-bond acceptors (Lipinski definition) is 5. The van der Waals surface area contributed by atoms with Crippen LogP contribution in [0.25, 0.3) is 0 Å². The lowest BCUT2D eigenvalue weighted by Gasteiger charge is -2.44. The minimum atomic E-state index is -1.65. The Kier molecular flexibility index (Phi) is 5.45. The number of fused-ring (bicyclic) bond motifs is 1. The van der Waals surface area contributed by atoms with E-state index in [0.29, 0.717) is 25.1 Å². The van der Waals surface area contributed by atoms with Crippen LogP contribution in [0.1, 0.15) is 44.1 Å². The van der Waals surface area contributed by atoms with Crippen LogP contribution in [0.4, 0.5) is 10.5 Å². The number of ether oxygens (including phenoxy) is 1. The highest BCUT2D eigenvalue weighted by molar-refractivity contribution is 6.31. The quantitative estimate of drug-likeness (QED) is 0.539. The van der Waals surface area contributed by atoms with E-state index >= 15 is 0 Å². The van der Waals surface area contributed by atoms with Gasteiger partial charge in [-0.1, -0.05) is 18.6 Å². The number of hydrogen-bond donors (Lipinski definition) is 1. The topological polar surface area (TPSA) is 96.2 Å². The number of piperidine rings is 1. The summed E-state index contributed by atoms with van der Waals surface area (Å²) in [6.07, 6.45) is 7.53. The fraction of sp³-hybridized carbons (Fsp3) is 0.583. The van der Waals surface area contributed by atoms with Gasteiger partial charge in [-0.2, -0.15) is 0 Å². The van der Waals surface area contributed by atoms with Crippen LogP contribution < -0.4 is 10.6 Å². The van der Waals surface area contributed by atoms with Gasteiger partial charge in [-0.05, 0) is 61.8 Å². The Labute approximate surface area is 188 Å². The summed E-state index contributed by atoms with van der Waals surface area (Å²) in [7, 11) is 0. The van der Waals surface area contributed by atoms with Gasteiger partial charge in [0.2, 0.25) is 5.54 Å². The first-order chi connectivity index (χ1) is 15.5. The Balaban J connectivity index is 1.35. The standard InChI is InChI=1S/C24H31N4O4/c25-20(29)24-10-1-2-12-27(24)22(31)28(21(24)30)19-6-4-18(5-7-19)23(8-3-9-23)11-13-26-14-16-32-17-15-26/h4-7,10H,1-3,8-9,11-17H2,(H2,25,29)/t24-/m0/s1. The Bertz CT molecular complexity index is 907. The fourth-order valence-electron chi connectivity index (χ4n) is 5.69. The maximum absolute atomic E-state index is 13.3. The van der Waals surface area contributed by atoms with E-state index in [-0.39, 0.29) is 5.41 Å². The first-order valence-corrected chi connectivity index (χ1v) is 11.7. The average molecular weight is 440 g/mol. The molecular formula is C24H31N4O4. The molecule has 1 radical (unpaired) electrons. The predicted octanol–water partition coefficient (Wildman–Crippen LogP) is 1.82. The zero-order valence-corrected chi connectivity index (χ0v) is 18.4. The molecule has 32 heavy (non-hydrogen) atoms. The summed E-state index contributed by atoms with van der Waals surface area (Å²) in [5.74, 6) is -1.35. The zero-order valence-electron chi connectivity index (χ0n) is 18.4. The average Bonchev–Trinajstić information content (AvgIpc) is 3.02. The Hall–Kier alpha value is -2.45. The van der Waals surface area contributed by atoms with Crippen LogP contribution in [-0.2, 0) is 19.7 Å². The number of morpholine rings is 1. The van der Waals surface area contributed by atoms with Crippen molar-refractivity contribution in [3.8, 4) is 0 Å². The van der Waals surface area contributed by atoms with Crippen molar-refractivity contribution in [3.63, 3.8) is 0 Å². The highest BCUT2D eigenvalue weighted by atomic mass is 16.5. The molecule has 1 atom stereocenters. The number of anilines is 1. The van der Waals surface area contributed by atoms with Crippen molar-refractivity contribution in [3.05, 3.63) is 36.2 Å². The van der Waals surface area contributed by atoms with E-state index in [1.807, 2.05) is 24.3 Å². The van der Waals surface area contributed by atoms with Gasteiger partial charge >= 0.3 is 6.03 Å². The summed E-state index contributed by atoms with van der Waals surface area (Å²) in [4.78, 5) is 43.5. The van der Waals surface area contributed by atoms with Crippen molar-refractivity contribution in [2.45, 2.75) is 49.5 Å². The number of amides is 4. The van der Waals surface area contributed by atoms with Crippen LogP contribution in [0.15, 0.2) is 24.3 Å². The molecule has 0 unspecified atom stereocenters. The molecule has 171 valence electrons. The number of carbonyl (C=O) groups excluding carboxylic acids is 3. The second-order valence-electron chi connectivity index (χ2n) is 9.44. The molecule has 1 aromatic rings. The van der Waals surface area contributed by atoms with E-state index in [1.165, 1.54) is 16.9 Å². The lowest BCUT2D eigenvalue weighted by Crippen LogP contribution is -2.61. The molecule has 0 bridgehead atoms. The summed E-state index contributed by atoms with van der Waals surface area (Å²) in [6, 6.07) is 7.31. The SMILES string of the molecule is NC(=O)[C@]12[CH]CCCN1C(=O)N(c1ccc(C3(CCN4CCOCC4)CCC3)cc1)C2=O. The minimum absolute atomic E-state index is 0.162. The number of urea groups is 1. The molecule has 4 amide bonds. The second kappa shape index (κ2) is 8.15. The van der Waals surface area contributed by atoms with Gasteiger partial charge < -0.3 is 15.4 Å². The molecule has 1 aliphatic carbocycles. The summed E-state index contributed by atoms with van der Waals surface area (Å²) in [5.41, 5.74) is 5.88. The molecule has 5 rings (SSSR count). The molecule has 1 saturated carbocycles. The number of carbonyl (C=O) groups is 3. The highest BCUT2D eigenvalue weighted by Gasteiger charge is 2.62. The molecule has 3 heterocycles. The maximum Gasteiger partial charge on any atom is 0.332 e. The highest BCUT2D eigenvalue weighted by Crippen LogP contribution is 2.47. The lowest BCUT2D eigenvalue weighted by atomic mass is 9.62. The third-order valence-corrected chi connectivity index (χ3v) is 7.84. The van der Waals surface area contributed by atoms with Crippen molar-refractivity contribution >= 4 is 23.5 Å². The van der Waals surface area contributed by atoms with Crippen LogP contribution in [-0.4, -0.2) is 72.6 Å². The number of imide groups is 1. The van der Waals surface area contributed by atoms with Crippen molar-refractivity contribution in [2.24, 2.45) is 5.73 Å². The van der Waals surface area contributed by atoms with Crippen molar-refractivity contribution in [1.29, 1.82) is 0 Å². The molecule has 0 aromatic heterocycles. The van der Waals surface area contributed by atoms with Crippen LogP contribution in [0.5, 0.6) is 0 Å². The minimum Gasteiger partial charge on any atom is -0.379 e.